The lowest BCUT2D eigenvalue weighted by molar-refractivity contribution is -0.167. The molecule has 6 nitrogen and oxygen atoms in total. The molecule has 0 spiro atoms. The minimum Gasteiger partial charge on any atom is -0.462 e. The molecule has 0 amide bonds. The average molecular weight is 1080 g/mol. The summed E-state index contributed by atoms with van der Waals surface area (Å²) < 4.78 is 16.9. The summed E-state index contributed by atoms with van der Waals surface area (Å²) in [5, 5.41) is 0. The summed E-state index contributed by atoms with van der Waals surface area (Å²) in [4.78, 5) is 38.3. The van der Waals surface area contributed by atoms with Crippen LogP contribution in [-0.2, 0) is 28.6 Å². The monoisotopic (exact) mass is 1080 g/mol. The van der Waals surface area contributed by atoms with Gasteiger partial charge in [0.15, 0.2) is 6.10 Å². The van der Waals surface area contributed by atoms with Crippen LogP contribution in [0, 0.1) is 0 Å². The third-order valence-corrected chi connectivity index (χ3v) is 15.0. The Bertz CT molecular complexity index is 1380. The number of hydrogen-bond donors (Lipinski definition) is 0. The highest BCUT2D eigenvalue weighted by atomic mass is 16.6. The summed E-state index contributed by atoms with van der Waals surface area (Å²) in [7, 11) is 0. The van der Waals surface area contributed by atoms with Crippen LogP contribution in [0.25, 0.3) is 0 Å². The predicted molar refractivity (Wildman–Crippen MR) is 335 cm³/mol. The van der Waals surface area contributed by atoms with Gasteiger partial charge in [0.25, 0.3) is 0 Å². The van der Waals surface area contributed by atoms with Gasteiger partial charge < -0.3 is 14.2 Å². The number of rotatable bonds is 62. The van der Waals surface area contributed by atoms with E-state index in [-0.39, 0.29) is 31.1 Å². The highest BCUT2D eigenvalue weighted by molar-refractivity contribution is 5.71. The quantitative estimate of drug-likeness (QED) is 0.0261. The van der Waals surface area contributed by atoms with Gasteiger partial charge in [-0.1, -0.05) is 313 Å². The molecular weight excluding hydrogens is 949 g/mol. The molecule has 0 saturated carbocycles. The summed E-state index contributed by atoms with van der Waals surface area (Å²) in [6.45, 7) is 6.54. The van der Waals surface area contributed by atoms with Crippen molar-refractivity contribution in [2.45, 2.75) is 361 Å². The molecule has 0 heterocycles. The standard InChI is InChI=1S/C71H128O6/c1-4-7-10-13-16-19-22-25-27-29-30-31-32-33-34-35-36-37-38-39-40-42-43-46-49-52-55-58-61-64-70(73)76-67-68(66-75-69(72)63-60-57-54-51-48-45-24-21-18-15-12-9-6-3)77-71(74)65-62-59-56-53-50-47-44-41-28-26-23-20-17-14-11-8-5-2/h9,12,18,21-22,25,29-30,45,48,68H,4-8,10-11,13-17,19-20,23-24,26-28,31-44,46-47,49-67H2,1-3H3/b12-9-,21-18-,25-22-,30-29-,48-45-. The zero-order valence-electron chi connectivity index (χ0n) is 51.5. The van der Waals surface area contributed by atoms with Crippen molar-refractivity contribution in [3.8, 4) is 0 Å². The van der Waals surface area contributed by atoms with Crippen LogP contribution in [0.1, 0.15) is 355 Å². The van der Waals surface area contributed by atoms with Gasteiger partial charge in [0.05, 0.1) is 0 Å². The maximum absolute atomic E-state index is 12.9. The van der Waals surface area contributed by atoms with E-state index < -0.39 is 6.10 Å². The summed E-state index contributed by atoms with van der Waals surface area (Å²) in [5.41, 5.74) is 0. The first-order valence-corrected chi connectivity index (χ1v) is 33.8. The number of allylic oxidation sites excluding steroid dienone is 10. The molecule has 1 unspecified atom stereocenters. The van der Waals surface area contributed by atoms with Gasteiger partial charge in [-0.15, -0.1) is 0 Å². The third kappa shape index (κ3) is 63.8. The zero-order valence-corrected chi connectivity index (χ0v) is 51.5. The summed E-state index contributed by atoms with van der Waals surface area (Å²) in [6, 6.07) is 0. The van der Waals surface area contributed by atoms with E-state index in [1.807, 2.05) is 0 Å². The summed E-state index contributed by atoms with van der Waals surface area (Å²) >= 11 is 0. The lowest BCUT2D eigenvalue weighted by Gasteiger charge is -2.18. The first-order chi connectivity index (χ1) is 38.0. The fourth-order valence-electron chi connectivity index (χ4n) is 9.96. The van der Waals surface area contributed by atoms with E-state index in [2.05, 4.69) is 81.5 Å². The summed E-state index contributed by atoms with van der Waals surface area (Å²) in [5.74, 6) is -0.888. The van der Waals surface area contributed by atoms with Gasteiger partial charge in [-0.2, -0.15) is 0 Å². The van der Waals surface area contributed by atoms with Crippen molar-refractivity contribution >= 4 is 17.9 Å². The highest BCUT2D eigenvalue weighted by Crippen LogP contribution is 2.18. The first kappa shape index (κ1) is 74.1. The first-order valence-electron chi connectivity index (χ1n) is 33.8. The van der Waals surface area contributed by atoms with Gasteiger partial charge >= 0.3 is 17.9 Å². The topological polar surface area (TPSA) is 78.9 Å². The Morgan fingerprint density at radius 3 is 0.805 bits per heavy atom. The molecule has 1 atom stereocenters. The second-order valence-electron chi connectivity index (χ2n) is 22.7. The largest absolute Gasteiger partial charge is 0.462 e. The molecule has 6 heteroatoms. The second kappa shape index (κ2) is 65.6. The van der Waals surface area contributed by atoms with E-state index in [4.69, 9.17) is 14.2 Å². The number of hydrogen-bond acceptors (Lipinski definition) is 6. The molecule has 0 radical (unpaired) electrons. The van der Waals surface area contributed by atoms with Crippen LogP contribution >= 0.6 is 0 Å². The van der Waals surface area contributed by atoms with E-state index in [0.717, 1.165) is 89.9 Å². The molecule has 0 aromatic carbocycles. The molecule has 448 valence electrons. The van der Waals surface area contributed by atoms with Crippen molar-refractivity contribution in [1.82, 2.24) is 0 Å². The van der Waals surface area contributed by atoms with Crippen molar-refractivity contribution in [1.29, 1.82) is 0 Å². The van der Waals surface area contributed by atoms with Crippen LogP contribution in [0.5, 0.6) is 0 Å². The Morgan fingerprint density at radius 2 is 0.506 bits per heavy atom. The van der Waals surface area contributed by atoms with E-state index in [1.165, 1.54) is 225 Å². The molecule has 0 aliphatic carbocycles. The van der Waals surface area contributed by atoms with Gasteiger partial charge in [0.1, 0.15) is 13.2 Å². The Hall–Kier alpha value is -2.89. The van der Waals surface area contributed by atoms with Gasteiger partial charge in [-0.05, 0) is 83.5 Å². The van der Waals surface area contributed by atoms with Crippen molar-refractivity contribution < 1.29 is 28.6 Å². The molecule has 0 N–H and O–H groups in total. The molecule has 77 heavy (non-hydrogen) atoms. The van der Waals surface area contributed by atoms with Crippen molar-refractivity contribution in [2.24, 2.45) is 0 Å². The van der Waals surface area contributed by atoms with E-state index >= 15 is 0 Å². The number of esters is 3. The van der Waals surface area contributed by atoms with Gasteiger partial charge in [-0.3, -0.25) is 14.4 Å². The smallest absolute Gasteiger partial charge is 0.306 e. The minimum absolute atomic E-state index is 0.0792. The number of ether oxygens (including phenoxy) is 3. The van der Waals surface area contributed by atoms with E-state index in [1.54, 1.807) is 0 Å². The fourth-order valence-corrected chi connectivity index (χ4v) is 9.96. The van der Waals surface area contributed by atoms with E-state index in [9.17, 15) is 14.4 Å². The number of unbranched alkanes of at least 4 members (excludes halogenated alkanes) is 41. The lowest BCUT2D eigenvalue weighted by Crippen LogP contribution is -2.30. The SMILES string of the molecule is CC/C=C\C/C=C\C/C=C\CCCCCC(=O)OCC(COC(=O)CCCCCCCCCCCCCCCCCCC/C=C\C/C=C\CCCCCCC)OC(=O)CCCCCCCCCCCCCCCCCCC. The van der Waals surface area contributed by atoms with Crippen LogP contribution < -0.4 is 0 Å². The van der Waals surface area contributed by atoms with Crippen molar-refractivity contribution in [2.75, 3.05) is 13.2 Å². The third-order valence-electron chi connectivity index (χ3n) is 15.0. The van der Waals surface area contributed by atoms with E-state index in [0.29, 0.717) is 19.3 Å². The van der Waals surface area contributed by atoms with Crippen molar-refractivity contribution in [3.63, 3.8) is 0 Å². The van der Waals surface area contributed by atoms with Crippen LogP contribution in [0.4, 0.5) is 0 Å². The molecule has 0 rings (SSSR count). The minimum atomic E-state index is -0.784. The summed E-state index contributed by atoms with van der Waals surface area (Å²) in [6.07, 6.45) is 84.0. The predicted octanol–water partition coefficient (Wildman–Crippen LogP) is 23.1. The molecule has 0 aliphatic heterocycles. The normalized spacial score (nSPS) is 12.4. The Labute approximate surface area is 479 Å². The molecule has 0 aromatic rings. The van der Waals surface area contributed by atoms with Gasteiger partial charge in [0, 0.05) is 19.3 Å². The molecule has 0 aromatic heterocycles. The number of carbonyl (C=O) groups is 3. The second-order valence-corrected chi connectivity index (χ2v) is 22.7. The fraction of sp³-hybridized carbons (Fsp3) is 0.817. The Morgan fingerprint density at radius 1 is 0.273 bits per heavy atom. The number of carbonyl (C=O) groups excluding carboxylic acids is 3. The Balaban J connectivity index is 4.20. The molecule has 0 saturated heterocycles. The van der Waals surface area contributed by atoms with Crippen LogP contribution in [0.3, 0.4) is 0 Å². The van der Waals surface area contributed by atoms with Gasteiger partial charge in [0.2, 0.25) is 0 Å². The van der Waals surface area contributed by atoms with Crippen molar-refractivity contribution in [3.05, 3.63) is 60.8 Å². The molecule has 0 bridgehead atoms. The molecule has 0 fully saturated rings. The maximum Gasteiger partial charge on any atom is 0.306 e. The zero-order chi connectivity index (χ0) is 55.7. The Kier molecular flexibility index (Phi) is 63.2. The van der Waals surface area contributed by atoms with Crippen LogP contribution in [0.15, 0.2) is 60.8 Å². The van der Waals surface area contributed by atoms with Crippen LogP contribution in [-0.4, -0.2) is 37.2 Å². The lowest BCUT2D eigenvalue weighted by atomic mass is 10.0. The highest BCUT2D eigenvalue weighted by Gasteiger charge is 2.19. The maximum atomic E-state index is 12.9. The molecule has 0 aliphatic rings. The van der Waals surface area contributed by atoms with Gasteiger partial charge in [-0.25, -0.2) is 0 Å². The van der Waals surface area contributed by atoms with Crippen LogP contribution in [0.2, 0.25) is 0 Å². The molecular formula is C71H128O6. The average Bonchev–Trinajstić information content (AvgIpc) is 3.43.